The Kier molecular flexibility index (Phi) is 2.01. The van der Waals surface area contributed by atoms with Gasteiger partial charge in [0.1, 0.15) is 6.29 Å². The first-order chi connectivity index (χ1) is 4.86. The second-order valence-electron chi connectivity index (χ2n) is 2.04. The minimum atomic E-state index is 0.721. The molecule has 0 fully saturated rings. The Labute approximate surface area is 59.7 Å². The van der Waals surface area contributed by atoms with Crippen LogP contribution in [-0.2, 0) is 4.79 Å². The predicted octanol–water partition coefficient (Wildman–Crippen LogP) is 0.937. The van der Waals surface area contributed by atoms with E-state index in [1.54, 1.807) is 0 Å². The van der Waals surface area contributed by atoms with E-state index in [2.05, 4.69) is 10.9 Å². The van der Waals surface area contributed by atoms with Gasteiger partial charge < -0.3 is 0 Å². The molecule has 2 heteroatoms. The lowest BCUT2D eigenvalue weighted by atomic mass is 10.1. The first-order valence-electron chi connectivity index (χ1n) is 3.04. The lowest BCUT2D eigenvalue weighted by molar-refractivity contribution is -0.105. The monoisotopic (exact) mass is 133 g/mol. The van der Waals surface area contributed by atoms with Crippen molar-refractivity contribution in [3.8, 4) is 12.3 Å². The van der Waals surface area contributed by atoms with Crippen LogP contribution in [0.3, 0.4) is 0 Å². The van der Waals surface area contributed by atoms with Gasteiger partial charge in [-0.3, -0.25) is 9.79 Å². The largest absolute Gasteiger partial charge is 0.298 e. The van der Waals surface area contributed by atoms with Crippen molar-refractivity contribution in [2.24, 2.45) is 4.99 Å². The maximum absolute atomic E-state index is 10.2. The Balaban J connectivity index is 2.76. The highest BCUT2D eigenvalue weighted by atomic mass is 16.1. The highest BCUT2D eigenvalue weighted by Crippen LogP contribution is 2.09. The predicted molar refractivity (Wildman–Crippen MR) is 39.6 cm³/mol. The van der Waals surface area contributed by atoms with Crippen LogP contribution in [0.5, 0.6) is 0 Å². The maximum Gasteiger partial charge on any atom is 0.147 e. The summed E-state index contributed by atoms with van der Waals surface area (Å²) in [5, 5.41) is 0. The lowest BCUT2D eigenvalue weighted by Crippen LogP contribution is -2.00. The molecule has 0 radical (unpaired) electrons. The zero-order valence-electron chi connectivity index (χ0n) is 5.50. The fraction of sp³-hybridized carbons (Fsp3) is 0.250. The third kappa shape index (κ3) is 1.32. The van der Waals surface area contributed by atoms with Gasteiger partial charge in [0, 0.05) is 18.2 Å². The van der Waals surface area contributed by atoms with Crippen LogP contribution in [-0.4, -0.2) is 12.0 Å². The molecule has 0 amide bonds. The summed E-state index contributed by atoms with van der Waals surface area (Å²) in [5.41, 5.74) is 1.45. The summed E-state index contributed by atoms with van der Waals surface area (Å²) < 4.78 is 0. The smallest absolute Gasteiger partial charge is 0.147 e. The first-order valence-corrected chi connectivity index (χ1v) is 3.04. The molecule has 0 unspecified atom stereocenters. The highest BCUT2D eigenvalue weighted by Gasteiger charge is 2.03. The molecule has 0 aromatic rings. The van der Waals surface area contributed by atoms with E-state index >= 15 is 0 Å². The number of hydrogen-bond donors (Lipinski definition) is 0. The number of terminal acetylenes is 1. The molecule has 1 aliphatic rings. The molecule has 0 atom stereocenters. The molecular weight excluding hydrogens is 126 g/mol. The molecule has 0 aliphatic carbocycles. The normalized spacial score (nSPS) is 16.7. The Morgan fingerprint density at radius 2 is 2.50 bits per heavy atom. The molecule has 1 heterocycles. The summed E-state index contributed by atoms with van der Waals surface area (Å²) in [4.78, 5) is 14.1. The third-order valence-electron chi connectivity index (χ3n) is 1.35. The van der Waals surface area contributed by atoms with E-state index in [4.69, 9.17) is 6.42 Å². The number of allylic oxidation sites excluding steroid dienone is 1. The molecule has 0 bridgehead atoms. The second kappa shape index (κ2) is 2.98. The van der Waals surface area contributed by atoms with Gasteiger partial charge in [-0.15, -0.1) is 6.42 Å². The van der Waals surface area contributed by atoms with Gasteiger partial charge in [-0.1, -0.05) is 5.92 Å². The lowest BCUT2D eigenvalue weighted by Gasteiger charge is -2.02. The Morgan fingerprint density at radius 3 is 2.90 bits per heavy atom. The average Bonchev–Trinajstić information content (AvgIpc) is 2.05. The topological polar surface area (TPSA) is 29.4 Å². The average molecular weight is 133 g/mol. The molecule has 0 aromatic heterocycles. The van der Waals surface area contributed by atoms with Crippen LogP contribution >= 0.6 is 0 Å². The van der Waals surface area contributed by atoms with Gasteiger partial charge in [0.2, 0.25) is 0 Å². The molecule has 0 aromatic carbocycles. The van der Waals surface area contributed by atoms with Crippen LogP contribution in [0, 0.1) is 12.3 Å². The quantitative estimate of drug-likeness (QED) is 0.386. The van der Waals surface area contributed by atoms with Crippen LogP contribution in [0.1, 0.15) is 12.8 Å². The number of carbonyl (C=O) groups excluding carboxylic acids is 1. The Bertz CT molecular complexity index is 242. The zero-order valence-corrected chi connectivity index (χ0v) is 5.50. The fourth-order valence-electron chi connectivity index (χ4n) is 0.751. The zero-order chi connectivity index (χ0) is 7.40. The molecule has 1 rings (SSSR count). The Morgan fingerprint density at radius 1 is 1.70 bits per heavy atom. The number of rotatable bonds is 1. The van der Waals surface area contributed by atoms with Crippen molar-refractivity contribution in [1.29, 1.82) is 0 Å². The molecule has 0 N–H and O–H groups in total. The standard InChI is InChI=1S/C8H7NO/c1-2-8-4-3-7(6-10)5-9-8/h1,5-6H,3-4H2. The van der Waals surface area contributed by atoms with Gasteiger partial charge in [0.05, 0.1) is 5.71 Å². The van der Waals surface area contributed by atoms with E-state index in [0.717, 1.165) is 30.4 Å². The third-order valence-corrected chi connectivity index (χ3v) is 1.35. The van der Waals surface area contributed by atoms with E-state index in [1.807, 2.05) is 0 Å². The van der Waals surface area contributed by atoms with Crippen LogP contribution < -0.4 is 0 Å². The molecule has 0 saturated carbocycles. The number of hydrogen-bond acceptors (Lipinski definition) is 2. The first kappa shape index (κ1) is 6.76. The fourth-order valence-corrected chi connectivity index (χ4v) is 0.751. The summed E-state index contributed by atoms with van der Waals surface area (Å²) in [6, 6.07) is 0. The highest BCUT2D eigenvalue weighted by molar-refractivity contribution is 6.01. The minimum Gasteiger partial charge on any atom is -0.298 e. The van der Waals surface area contributed by atoms with Crippen molar-refractivity contribution in [2.45, 2.75) is 12.8 Å². The summed E-state index contributed by atoms with van der Waals surface area (Å²) in [5.74, 6) is 2.44. The number of nitrogens with zero attached hydrogens (tertiary/aromatic N) is 1. The molecule has 0 saturated heterocycles. The summed E-state index contributed by atoms with van der Waals surface area (Å²) >= 11 is 0. The number of carbonyl (C=O) groups is 1. The number of aldehydes is 1. The maximum atomic E-state index is 10.2. The molecule has 0 spiro atoms. The van der Waals surface area contributed by atoms with Crippen molar-refractivity contribution < 1.29 is 4.79 Å². The van der Waals surface area contributed by atoms with E-state index in [-0.39, 0.29) is 0 Å². The number of aliphatic imine (C=N–C) groups is 1. The van der Waals surface area contributed by atoms with E-state index in [1.165, 1.54) is 6.20 Å². The minimum absolute atomic E-state index is 0.721. The van der Waals surface area contributed by atoms with E-state index < -0.39 is 0 Å². The molecule has 50 valence electrons. The molecule has 10 heavy (non-hydrogen) atoms. The van der Waals surface area contributed by atoms with Gasteiger partial charge in [-0.2, -0.15) is 0 Å². The van der Waals surface area contributed by atoms with Crippen LogP contribution in [0.15, 0.2) is 16.8 Å². The second-order valence-corrected chi connectivity index (χ2v) is 2.04. The van der Waals surface area contributed by atoms with Gasteiger partial charge in [-0.25, -0.2) is 0 Å². The van der Waals surface area contributed by atoms with Gasteiger partial charge >= 0.3 is 0 Å². The summed E-state index contributed by atoms with van der Waals surface area (Å²) in [6.07, 6.45) is 8.89. The van der Waals surface area contributed by atoms with Gasteiger partial charge in [0.15, 0.2) is 0 Å². The van der Waals surface area contributed by atoms with Crippen molar-refractivity contribution in [1.82, 2.24) is 0 Å². The van der Waals surface area contributed by atoms with E-state index in [9.17, 15) is 4.79 Å². The summed E-state index contributed by atoms with van der Waals surface area (Å²) in [7, 11) is 0. The molecule has 2 nitrogen and oxygen atoms in total. The molecule has 1 aliphatic heterocycles. The Hall–Kier alpha value is -1.36. The van der Waals surface area contributed by atoms with Crippen molar-refractivity contribution >= 4 is 12.0 Å². The van der Waals surface area contributed by atoms with Crippen LogP contribution in [0.2, 0.25) is 0 Å². The van der Waals surface area contributed by atoms with Crippen molar-refractivity contribution in [3.63, 3.8) is 0 Å². The summed E-state index contributed by atoms with van der Waals surface area (Å²) in [6.45, 7) is 0. The van der Waals surface area contributed by atoms with Crippen molar-refractivity contribution in [2.75, 3.05) is 0 Å². The van der Waals surface area contributed by atoms with Crippen LogP contribution in [0.25, 0.3) is 0 Å². The van der Waals surface area contributed by atoms with Gasteiger partial charge in [0.25, 0.3) is 0 Å². The van der Waals surface area contributed by atoms with Crippen molar-refractivity contribution in [3.05, 3.63) is 11.8 Å². The van der Waals surface area contributed by atoms with Crippen LogP contribution in [0.4, 0.5) is 0 Å². The van der Waals surface area contributed by atoms with E-state index in [0.29, 0.717) is 0 Å². The molecular formula is C8H7NO. The SMILES string of the molecule is C#CC1=NC=C(C=O)CC1. The van der Waals surface area contributed by atoms with Gasteiger partial charge in [-0.05, 0) is 6.42 Å².